The number of benzene rings is 1. The van der Waals surface area contributed by atoms with E-state index in [1.54, 1.807) is 16.8 Å². The number of hydrogen-bond acceptors (Lipinski definition) is 5. The van der Waals surface area contributed by atoms with E-state index in [0.29, 0.717) is 37.6 Å². The van der Waals surface area contributed by atoms with Gasteiger partial charge >= 0.3 is 0 Å². The first kappa shape index (κ1) is 16.9. The van der Waals surface area contributed by atoms with Crippen molar-refractivity contribution >= 4 is 0 Å². The Morgan fingerprint density at radius 2 is 2.08 bits per heavy atom. The van der Waals surface area contributed by atoms with E-state index in [9.17, 15) is 9.50 Å². The van der Waals surface area contributed by atoms with Gasteiger partial charge in [0.2, 0.25) is 0 Å². The third-order valence-corrected chi connectivity index (χ3v) is 4.33. The highest BCUT2D eigenvalue weighted by atomic mass is 19.1. The minimum atomic E-state index is -0.955. The molecule has 7 heteroatoms. The van der Waals surface area contributed by atoms with Crippen LogP contribution in [0.15, 0.2) is 30.5 Å². The van der Waals surface area contributed by atoms with E-state index in [1.807, 2.05) is 20.0 Å². The highest BCUT2D eigenvalue weighted by Gasteiger charge is 2.40. The van der Waals surface area contributed by atoms with Crippen LogP contribution in [0.2, 0.25) is 0 Å². The van der Waals surface area contributed by atoms with Gasteiger partial charge < -0.3 is 9.84 Å². The van der Waals surface area contributed by atoms with Gasteiger partial charge in [-0.2, -0.15) is 0 Å². The van der Waals surface area contributed by atoms with Crippen molar-refractivity contribution in [3.05, 3.63) is 42.0 Å². The zero-order valence-electron chi connectivity index (χ0n) is 14.0. The van der Waals surface area contributed by atoms with Gasteiger partial charge in [-0.05, 0) is 44.5 Å². The zero-order valence-corrected chi connectivity index (χ0v) is 14.0. The molecule has 1 aromatic carbocycles. The molecule has 1 atom stereocenters. The number of rotatable bonds is 6. The molecular formula is C17H23FN4O2. The molecular weight excluding hydrogens is 311 g/mol. The fourth-order valence-electron chi connectivity index (χ4n) is 2.84. The Hall–Kier alpha value is -1.99. The summed E-state index contributed by atoms with van der Waals surface area (Å²) < 4.78 is 20.2. The summed E-state index contributed by atoms with van der Waals surface area (Å²) in [7, 11) is 0. The standard InChI is InChI=1S/C17H23FN4O2/c1-13(2)22-11-16(19-20-22)17(23)7-8-21(12-17)9-10-24-15-5-3-14(18)4-6-15/h3-6,11,13,23H,7-10,12H2,1-2H3/t17-/m0/s1. The molecule has 0 radical (unpaired) electrons. The zero-order chi connectivity index (χ0) is 17.2. The van der Waals surface area contributed by atoms with Crippen molar-refractivity contribution in [1.82, 2.24) is 19.9 Å². The quantitative estimate of drug-likeness (QED) is 0.875. The van der Waals surface area contributed by atoms with Crippen LogP contribution < -0.4 is 4.74 Å². The summed E-state index contributed by atoms with van der Waals surface area (Å²) in [6.07, 6.45) is 2.45. The molecule has 1 aliphatic heterocycles. The van der Waals surface area contributed by atoms with Gasteiger partial charge in [-0.1, -0.05) is 5.21 Å². The first-order valence-corrected chi connectivity index (χ1v) is 8.22. The lowest BCUT2D eigenvalue weighted by Gasteiger charge is -2.21. The van der Waals surface area contributed by atoms with Gasteiger partial charge in [0.15, 0.2) is 0 Å². The number of aromatic nitrogens is 3. The second-order valence-electron chi connectivity index (χ2n) is 6.54. The molecule has 1 saturated heterocycles. The third-order valence-electron chi connectivity index (χ3n) is 4.33. The highest BCUT2D eigenvalue weighted by Crippen LogP contribution is 2.30. The number of aliphatic hydroxyl groups is 1. The Morgan fingerprint density at radius 3 is 2.75 bits per heavy atom. The Morgan fingerprint density at radius 1 is 1.33 bits per heavy atom. The molecule has 24 heavy (non-hydrogen) atoms. The monoisotopic (exact) mass is 334 g/mol. The highest BCUT2D eigenvalue weighted by molar-refractivity contribution is 5.22. The van der Waals surface area contributed by atoms with Crippen LogP contribution in [0, 0.1) is 5.82 Å². The maximum absolute atomic E-state index is 12.8. The Kier molecular flexibility index (Phi) is 4.82. The minimum Gasteiger partial charge on any atom is -0.492 e. The molecule has 1 aliphatic rings. The van der Waals surface area contributed by atoms with Crippen molar-refractivity contribution in [3.63, 3.8) is 0 Å². The Labute approximate surface area is 140 Å². The van der Waals surface area contributed by atoms with Crippen molar-refractivity contribution in [1.29, 1.82) is 0 Å². The first-order chi connectivity index (χ1) is 11.5. The number of halogens is 1. The molecule has 0 aliphatic carbocycles. The molecule has 1 fully saturated rings. The first-order valence-electron chi connectivity index (χ1n) is 8.22. The number of ether oxygens (including phenoxy) is 1. The molecule has 0 saturated carbocycles. The van der Waals surface area contributed by atoms with Crippen LogP contribution in [-0.2, 0) is 5.60 Å². The van der Waals surface area contributed by atoms with E-state index in [0.717, 1.165) is 6.54 Å². The summed E-state index contributed by atoms with van der Waals surface area (Å²) >= 11 is 0. The lowest BCUT2D eigenvalue weighted by molar-refractivity contribution is 0.0403. The lowest BCUT2D eigenvalue weighted by atomic mass is 10.00. The summed E-state index contributed by atoms with van der Waals surface area (Å²) in [5, 5.41) is 19.0. The SMILES string of the molecule is CC(C)n1cc([C@]2(O)CCN(CCOc3ccc(F)cc3)C2)nn1. The fourth-order valence-corrected chi connectivity index (χ4v) is 2.84. The van der Waals surface area contributed by atoms with Crippen LogP contribution in [0.1, 0.15) is 32.0 Å². The molecule has 3 rings (SSSR count). The summed E-state index contributed by atoms with van der Waals surface area (Å²) in [6, 6.07) is 6.19. The summed E-state index contributed by atoms with van der Waals surface area (Å²) in [5.41, 5.74) is -0.332. The molecule has 2 heterocycles. The Balaban J connectivity index is 1.51. The van der Waals surface area contributed by atoms with Crippen molar-refractivity contribution in [3.8, 4) is 5.75 Å². The second-order valence-corrected chi connectivity index (χ2v) is 6.54. The topological polar surface area (TPSA) is 63.4 Å². The van der Waals surface area contributed by atoms with Gasteiger partial charge in [0.1, 0.15) is 29.5 Å². The number of hydrogen-bond donors (Lipinski definition) is 1. The van der Waals surface area contributed by atoms with Crippen molar-refractivity contribution in [2.24, 2.45) is 0 Å². The largest absolute Gasteiger partial charge is 0.492 e. The van der Waals surface area contributed by atoms with Crippen LogP contribution in [0.3, 0.4) is 0 Å². The average molecular weight is 334 g/mol. The van der Waals surface area contributed by atoms with Gasteiger partial charge in [0.25, 0.3) is 0 Å². The number of nitrogens with zero attached hydrogens (tertiary/aromatic N) is 4. The number of β-amino-alcohol motifs (C(OH)–C–C–N with tert-alkyl or cyclic N) is 1. The van der Waals surface area contributed by atoms with Crippen molar-refractivity contribution < 1.29 is 14.2 Å². The molecule has 130 valence electrons. The summed E-state index contributed by atoms with van der Waals surface area (Å²) in [6.45, 7) is 6.51. The van der Waals surface area contributed by atoms with Crippen LogP contribution in [0.25, 0.3) is 0 Å². The van der Waals surface area contributed by atoms with Gasteiger partial charge in [-0.15, -0.1) is 5.10 Å². The molecule has 0 bridgehead atoms. The molecule has 2 aromatic rings. The van der Waals surface area contributed by atoms with Gasteiger partial charge in [-0.25, -0.2) is 9.07 Å². The lowest BCUT2D eigenvalue weighted by Crippen LogP contribution is -2.33. The van der Waals surface area contributed by atoms with Crippen molar-refractivity contribution in [2.45, 2.75) is 31.9 Å². The van der Waals surface area contributed by atoms with E-state index < -0.39 is 5.60 Å². The maximum Gasteiger partial charge on any atom is 0.124 e. The van der Waals surface area contributed by atoms with Crippen LogP contribution in [0.5, 0.6) is 5.75 Å². The molecule has 1 aromatic heterocycles. The average Bonchev–Trinajstić information content (AvgIpc) is 3.18. The van der Waals surface area contributed by atoms with Crippen LogP contribution in [-0.4, -0.2) is 51.2 Å². The number of likely N-dealkylation sites (tertiary alicyclic amines) is 1. The van der Waals surface area contributed by atoms with Gasteiger partial charge in [0, 0.05) is 25.7 Å². The van der Waals surface area contributed by atoms with E-state index in [1.165, 1.54) is 12.1 Å². The molecule has 0 unspecified atom stereocenters. The van der Waals surface area contributed by atoms with Crippen molar-refractivity contribution in [2.75, 3.05) is 26.2 Å². The van der Waals surface area contributed by atoms with Gasteiger partial charge in [-0.3, -0.25) is 4.90 Å². The predicted octanol–water partition coefficient (Wildman–Crippen LogP) is 1.97. The second kappa shape index (κ2) is 6.86. The van der Waals surface area contributed by atoms with Crippen LogP contribution >= 0.6 is 0 Å². The Bertz CT molecular complexity index is 673. The smallest absolute Gasteiger partial charge is 0.124 e. The third kappa shape index (κ3) is 3.73. The summed E-state index contributed by atoms with van der Waals surface area (Å²) in [5.74, 6) is 0.368. The van der Waals surface area contributed by atoms with Crippen LogP contribution in [0.4, 0.5) is 4.39 Å². The predicted molar refractivity (Wildman–Crippen MR) is 87.3 cm³/mol. The normalized spacial score (nSPS) is 21.5. The fraction of sp³-hybridized carbons (Fsp3) is 0.529. The van der Waals surface area contributed by atoms with Gasteiger partial charge in [0.05, 0.1) is 6.20 Å². The maximum atomic E-state index is 12.8. The molecule has 0 spiro atoms. The molecule has 0 amide bonds. The summed E-state index contributed by atoms with van der Waals surface area (Å²) in [4.78, 5) is 2.14. The molecule has 1 N–H and O–H groups in total. The minimum absolute atomic E-state index is 0.219. The molecule has 6 nitrogen and oxygen atoms in total. The van der Waals surface area contributed by atoms with E-state index >= 15 is 0 Å². The van der Waals surface area contributed by atoms with E-state index in [4.69, 9.17) is 4.74 Å². The van der Waals surface area contributed by atoms with E-state index in [2.05, 4.69) is 15.2 Å². The van der Waals surface area contributed by atoms with E-state index in [-0.39, 0.29) is 11.9 Å².